The molecule has 1 unspecified atom stereocenters. The molecule has 1 atom stereocenters. The largest absolute Gasteiger partial charge is 0.455 e. The first kappa shape index (κ1) is 14.6. The van der Waals surface area contributed by atoms with E-state index in [9.17, 15) is 0 Å². The third kappa shape index (κ3) is 3.00. The van der Waals surface area contributed by atoms with Crippen LogP contribution in [0.3, 0.4) is 0 Å². The molecule has 0 bridgehead atoms. The lowest BCUT2D eigenvalue weighted by Gasteiger charge is -2.09. The number of fused-ring (bicyclic) bond motifs is 3. The molecule has 0 aliphatic heterocycles. The molecule has 2 heterocycles. The zero-order valence-corrected chi connectivity index (χ0v) is 17.4. The average Bonchev–Trinajstić information content (AvgIpc) is 3.17. The molecule has 0 aliphatic rings. The first-order chi connectivity index (χ1) is 16.1. The van der Waals surface area contributed by atoms with E-state index in [1.54, 1.807) is 12.1 Å². The van der Waals surface area contributed by atoms with E-state index >= 15 is 0 Å². The quantitative estimate of drug-likeness (QED) is 0.295. The summed E-state index contributed by atoms with van der Waals surface area (Å²) >= 11 is 0. The number of nitrogens with zero attached hydrogens (tertiary/aromatic N) is 1. The number of pyridine rings is 1. The molecule has 5 rings (SSSR count). The van der Waals surface area contributed by atoms with Gasteiger partial charge in [-0.1, -0.05) is 68.4 Å². The molecule has 0 saturated carbocycles. The smallest absolute Gasteiger partial charge is 0.216 e. The van der Waals surface area contributed by atoms with E-state index in [1.807, 2.05) is 37.4 Å². The van der Waals surface area contributed by atoms with Crippen LogP contribution in [0.15, 0.2) is 83.4 Å². The maximum absolute atomic E-state index is 8.30. The van der Waals surface area contributed by atoms with Crippen molar-refractivity contribution in [2.45, 2.75) is 26.6 Å². The predicted octanol–water partition coefficient (Wildman–Crippen LogP) is 7.18. The lowest BCUT2D eigenvalue weighted by Crippen LogP contribution is -2.31. The van der Waals surface area contributed by atoms with Crippen LogP contribution >= 0.6 is 0 Å². The Labute approximate surface area is 183 Å². The van der Waals surface area contributed by atoms with Gasteiger partial charge < -0.3 is 4.42 Å². The molecular weight excluding hydrogens is 366 g/mol. The van der Waals surface area contributed by atoms with Gasteiger partial charge in [-0.05, 0) is 41.6 Å². The maximum Gasteiger partial charge on any atom is 0.216 e. The number of aryl methyl sites for hydroxylation is 2. The monoisotopic (exact) mass is 396 g/mol. The van der Waals surface area contributed by atoms with E-state index in [2.05, 4.69) is 48.0 Å². The molecule has 0 fully saturated rings. The van der Waals surface area contributed by atoms with Crippen LogP contribution in [0, 0.1) is 6.92 Å². The molecule has 2 aromatic heterocycles. The van der Waals surface area contributed by atoms with Gasteiger partial charge in [-0.25, -0.2) is 4.57 Å². The Bertz CT molecular complexity index is 1530. The summed E-state index contributed by atoms with van der Waals surface area (Å²) in [7, 11) is 2.02. The number of hydrogen-bond acceptors (Lipinski definition) is 1. The van der Waals surface area contributed by atoms with Gasteiger partial charge in [-0.2, -0.15) is 0 Å². The van der Waals surface area contributed by atoms with E-state index < -0.39 is 12.7 Å². The third-order valence-corrected chi connectivity index (χ3v) is 5.80. The lowest BCUT2D eigenvalue weighted by molar-refractivity contribution is -0.659. The molecule has 0 amide bonds. The molecule has 2 heteroatoms. The van der Waals surface area contributed by atoms with Crippen molar-refractivity contribution >= 4 is 21.9 Å². The second-order valence-electron chi connectivity index (χ2n) is 7.85. The molecule has 3 aromatic carbocycles. The molecule has 0 radical (unpaired) electrons. The summed E-state index contributed by atoms with van der Waals surface area (Å²) in [6.45, 7) is 1.14. The molecule has 0 spiro atoms. The van der Waals surface area contributed by atoms with Gasteiger partial charge in [0.15, 0.2) is 6.20 Å². The van der Waals surface area contributed by atoms with Crippen LogP contribution in [0.25, 0.3) is 44.3 Å². The standard InChI is InChI=1S/C28H26NO/c1-18(2)20-10-12-21(13-11-20)22-14-16-25(29(4)17-22)27-19(3)9-15-24-23-7-5-6-8-26(23)30-28(24)27/h5-18H,1-4H3/q+1/i1D3,18D. The van der Waals surface area contributed by atoms with Crippen LogP contribution < -0.4 is 4.57 Å². The van der Waals surface area contributed by atoms with Crippen LogP contribution in [0.1, 0.15) is 36.3 Å². The molecular formula is C28H26NO+. The van der Waals surface area contributed by atoms with Crippen LogP contribution in [-0.2, 0) is 7.05 Å². The van der Waals surface area contributed by atoms with Crippen LogP contribution in [0.2, 0.25) is 0 Å². The summed E-state index contributed by atoms with van der Waals surface area (Å²) in [6.07, 6.45) is 2.06. The molecule has 0 N–H and O–H groups in total. The van der Waals surface area contributed by atoms with Gasteiger partial charge in [-0.3, -0.25) is 0 Å². The summed E-state index contributed by atoms with van der Waals surface area (Å²) in [5, 5.41) is 2.21. The van der Waals surface area contributed by atoms with Gasteiger partial charge in [0.25, 0.3) is 0 Å². The molecule has 148 valence electrons. The minimum atomic E-state index is -2.39. The fourth-order valence-electron chi connectivity index (χ4n) is 4.16. The Balaban J connectivity index is 1.57. The number of furan rings is 1. The van der Waals surface area contributed by atoms with Crippen molar-refractivity contribution in [3.05, 3.63) is 90.1 Å². The van der Waals surface area contributed by atoms with Gasteiger partial charge in [0, 0.05) is 27.9 Å². The highest BCUT2D eigenvalue weighted by molar-refractivity contribution is 6.09. The van der Waals surface area contributed by atoms with Crippen LogP contribution in [0.4, 0.5) is 0 Å². The second kappa shape index (κ2) is 7.14. The molecule has 2 nitrogen and oxygen atoms in total. The number of rotatable bonds is 3. The summed E-state index contributed by atoms with van der Waals surface area (Å²) in [6, 6.07) is 23.7. The van der Waals surface area contributed by atoms with Crippen LogP contribution in [0.5, 0.6) is 0 Å². The van der Waals surface area contributed by atoms with Gasteiger partial charge >= 0.3 is 0 Å². The van der Waals surface area contributed by atoms with Gasteiger partial charge in [0.1, 0.15) is 18.2 Å². The maximum atomic E-state index is 8.30. The fourth-order valence-corrected chi connectivity index (χ4v) is 4.16. The summed E-state index contributed by atoms with van der Waals surface area (Å²) in [5.41, 5.74) is 7.46. The molecule has 0 aliphatic carbocycles. The summed E-state index contributed by atoms with van der Waals surface area (Å²) < 4.78 is 39.7. The Morgan fingerprint density at radius 2 is 1.67 bits per heavy atom. The lowest BCUT2D eigenvalue weighted by atomic mass is 9.98. The minimum Gasteiger partial charge on any atom is -0.455 e. The zero-order chi connectivity index (χ0) is 24.3. The van der Waals surface area contributed by atoms with Crippen molar-refractivity contribution in [3.63, 3.8) is 0 Å². The van der Waals surface area contributed by atoms with E-state index in [-0.39, 0.29) is 0 Å². The van der Waals surface area contributed by atoms with E-state index in [1.165, 1.54) is 6.92 Å². The first-order valence-electron chi connectivity index (χ1n) is 12.1. The van der Waals surface area contributed by atoms with Gasteiger partial charge in [0.2, 0.25) is 5.69 Å². The molecule has 5 aromatic rings. The Morgan fingerprint density at radius 3 is 2.43 bits per heavy atom. The van der Waals surface area contributed by atoms with Gasteiger partial charge in [0.05, 0.1) is 5.56 Å². The number of aromatic nitrogens is 1. The van der Waals surface area contributed by atoms with Crippen molar-refractivity contribution < 1.29 is 14.5 Å². The zero-order valence-electron chi connectivity index (χ0n) is 21.4. The number of para-hydroxylation sites is 1. The first-order valence-corrected chi connectivity index (χ1v) is 10.1. The Morgan fingerprint density at radius 1 is 0.900 bits per heavy atom. The van der Waals surface area contributed by atoms with E-state index in [4.69, 9.17) is 9.90 Å². The average molecular weight is 397 g/mol. The highest BCUT2D eigenvalue weighted by atomic mass is 16.3. The second-order valence-corrected chi connectivity index (χ2v) is 7.85. The topological polar surface area (TPSA) is 17.0 Å². The number of hydrogen-bond donors (Lipinski definition) is 0. The normalized spacial score (nSPS) is 16.0. The molecule has 30 heavy (non-hydrogen) atoms. The SMILES string of the molecule is [2H]C([2H])([2H])C([2H])(C)c1ccc(-c2ccc(-c3c(C)ccc4c3oc3ccccc34)[n+](C)c2)cc1. The number of benzene rings is 3. The van der Waals surface area contributed by atoms with Gasteiger partial charge in [-0.15, -0.1) is 0 Å². The Kier molecular flexibility index (Phi) is 3.47. The Hall–Kier alpha value is -3.39. The van der Waals surface area contributed by atoms with Crippen molar-refractivity contribution in [1.29, 1.82) is 0 Å². The summed E-state index contributed by atoms with van der Waals surface area (Å²) in [5.74, 6) is -1.65. The van der Waals surface area contributed by atoms with Crippen molar-refractivity contribution in [3.8, 4) is 22.4 Å². The van der Waals surface area contributed by atoms with Crippen LogP contribution in [-0.4, -0.2) is 0 Å². The van der Waals surface area contributed by atoms with E-state index in [0.29, 0.717) is 5.56 Å². The molecule has 0 saturated heterocycles. The minimum absolute atomic E-state index is 0.476. The van der Waals surface area contributed by atoms with E-state index in [0.717, 1.165) is 49.9 Å². The van der Waals surface area contributed by atoms with Crippen molar-refractivity contribution in [2.24, 2.45) is 7.05 Å². The van der Waals surface area contributed by atoms with Crippen molar-refractivity contribution in [2.75, 3.05) is 0 Å². The highest BCUT2D eigenvalue weighted by Crippen LogP contribution is 2.37. The highest BCUT2D eigenvalue weighted by Gasteiger charge is 2.21. The predicted molar refractivity (Wildman–Crippen MR) is 125 cm³/mol. The fraction of sp³-hybridized carbons (Fsp3) is 0.179. The third-order valence-electron chi connectivity index (χ3n) is 5.80. The van der Waals surface area contributed by atoms with Crippen molar-refractivity contribution in [1.82, 2.24) is 0 Å². The summed E-state index contributed by atoms with van der Waals surface area (Å²) in [4.78, 5) is 0.